The average Bonchev–Trinajstić information content (AvgIpc) is 2.16. The van der Waals surface area contributed by atoms with E-state index in [2.05, 4.69) is 31.8 Å². The highest BCUT2D eigenvalue weighted by Crippen LogP contribution is 2.35. The van der Waals surface area contributed by atoms with Crippen molar-refractivity contribution in [1.82, 2.24) is 4.98 Å². The Balaban J connectivity index is 3.29. The van der Waals surface area contributed by atoms with Gasteiger partial charge in [0.2, 0.25) is 0 Å². The smallest absolute Gasteiger partial charge is 0.101 e. The van der Waals surface area contributed by atoms with Gasteiger partial charge in [0.25, 0.3) is 0 Å². The molecule has 0 fully saturated rings. The molecule has 80 valence electrons. The van der Waals surface area contributed by atoms with Crippen LogP contribution in [-0.2, 0) is 5.41 Å². The van der Waals surface area contributed by atoms with Crippen LogP contribution in [0.2, 0.25) is 5.02 Å². The first-order valence-electron chi connectivity index (χ1n) is 5.07. The lowest BCUT2D eigenvalue weighted by Gasteiger charge is -2.26. The van der Waals surface area contributed by atoms with Crippen LogP contribution in [0.25, 0.3) is 0 Å². The van der Waals surface area contributed by atoms with Gasteiger partial charge in [-0.05, 0) is 17.4 Å². The topological polar surface area (TPSA) is 36.7 Å². The molecule has 0 spiro atoms. The van der Waals surface area contributed by atoms with E-state index in [1.165, 1.54) is 0 Å². The Bertz CT molecular complexity index is 391. The number of aromatic nitrogens is 1. The van der Waals surface area contributed by atoms with Gasteiger partial charge in [-0.15, -0.1) is 0 Å². The van der Waals surface area contributed by atoms with E-state index < -0.39 is 0 Å². The van der Waals surface area contributed by atoms with E-state index >= 15 is 0 Å². The summed E-state index contributed by atoms with van der Waals surface area (Å²) in [6.45, 7) is 6.35. The van der Waals surface area contributed by atoms with E-state index in [1.54, 1.807) is 12.4 Å². The quantitative estimate of drug-likeness (QED) is 0.782. The zero-order chi connectivity index (χ0) is 11.5. The Morgan fingerprint density at radius 2 is 2.13 bits per heavy atom. The molecule has 1 aromatic rings. The number of nitriles is 1. The van der Waals surface area contributed by atoms with Gasteiger partial charge >= 0.3 is 0 Å². The fraction of sp³-hybridized carbons (Fsp3) is 0.500. The largest absolute Gasteiger partial charge is 0.262 e. The number of hydrogen-bond donors (Lipinski definition) is 0. The molecule has 0 aliphatic heterocycles. The fourth-order valence-electron chi connectivity index (χ4n) is 1.96. The third-order valence-corrected chi connectivity index (χ3v) is 2.86. The zero-order valence-electron chi connectivity index (χ0n) is 9.34. The molecular formula is C12H15ClN2. The lowest BCUT2D eigenvalue weighted by Crippen LogP contribution is -2.19. The van der Waals surface area contributed by atoms with Crippen molar-refractivity contribution in [2.75, 3.05) is 0 Å². The molecule has 0 amide bonds. The van der Waals surface area contributed by atoms with Crippen molar-refractivity contribution >= 4 is 11.6 Å². The van der Waals surface area contributed by atoms with Crippen LogP contribution < -0.4 is 0 Å². The Hall–Kier alpha value is -1.07. The second-order valence-electron chi connectivity index (χ2n) is 4.29. The van der Waals surface area contributed by atoms with Crippen LogP contribution in [0.3, 0.4) is 0 Å². The van der Waals surface area contributed by atoms with Crippen molar-refractivity contribution < 1.29 is 0 Å². The lowest BCUT2D eigenvalue weighted by molar-refractivity contribution is 0.472. The van der Waals surface area contributed by atoms with Gasteiger partial charge in [-0.3, -0.25) is 4.98 Å². The monoisotopic (exact) mass is 222 g/mol. The SMILES string of the molecule is CCCC(C)(C)c1c(Cl)cncc1C#N. The minimum atomic E-state index is -0.0696. The molecule has 0 saturated heterocycles. The number of rotatable bonds is 3. The third-order valence-electron chi connectivity index (χ3n) is 2.57. The van der Waals surface area contributed by atoms with Crippen LogP contribution in [0, 0.1) is 11.3 Å². The predicted octanol–water partition coefficient (Wildman–Crippen LogP) is 3.68. The van der Waals surface area contributed by atoms with Crippen LogP contribution in [-0.4, -0.2) is 4.98 Å². The molecule has 1 aromatic heterocycles. The van der Waals surface area contributed by atoms with Gasteiger partial charge in [0.15, 0.2) is 0 Å². The molecule has 1 heterocycles. The van der Waals surface area contributed by atoms with E-state index in [-0.39, 0.29) is 5.41 Å². The van der Waals surface area contributed by atoms with Gasteiger partial charge in [-0.25, -0.2) is 0 Å². The van der Waals surface area contributed by atoms with E-state index in [0.29, 0.717) is 10.6 Å². The van der Waals surface area contributed by atoms with Crippen LogP contribution in [0.4, 0.5) is 0 Å². The summed E-state index contributed by atoms with van der Waals surface area (Å²) in [6, 6.07) is 2.15. The summed E-state index contributed by atoms with van der Waals surface area (Å²) in [4.78, 5) is 3.93. The van der Waals surface area contributed by atoms with E-state index in [0.717, 1.165) is 18.4 Å². The highest BCUT2D eigenvalue weighted by molar-refractivity contribution is 6.31. The van der Waals surface area contributed by atoms with Crippen LogP contribution in [0.5, 0.6) is 0 Å². The van der Waals surface area contributed by atoms with Crippen molar-refractivity contribution in [3.05, 3.63) is 28.5 Å². The van der Waals surface area contributed by atoms with Gasteiger partial charge < -0.3 is 0 Å². The number of nitrogens with zero attached hydrogens (tertiary/aromatic N) is 2. The summed E-state index contributed by atoms with van der Waals surface area (Å²) >= 11 is 6.11. The number of hydrogen-bond acceptors (Lipinski definition) is 2. The van der Waals surface area contributed by atoms with Gasteiger partial charge in [-0.1, -0.05) is 38.8 Å². The highest BCUT2D eigenvalue weighted by atomic mass is 35.5. The molecule has 0 aliphatic rings. The Labute approximate surface area is 95.9 Å². The Morgan fingerprint density at radius 3 is 2.67 bits per heavy atom. The molecule has 0 unspecified atom stereocenters. The Morgan fingerprint density at radius 1 is 1.47 bits per heavy atom. The first kappa shape index (κ1) is 12.0. The average molecular weight is 223 g/mol. The highest BCUT2D eigenvalue weighted by Gasteiger charge is 2.25. The maximum absolute atomic E-state index is 9.03. The molecule has 0 saturated carbocycles. The second kappa shape index (κ2) is 4.63. The molecule has 0 atom stereocenters. The first-order valence-corrected chi connectivity index (χ1v) is 5.44. The van der Waals surface area contributed by atoms with Crippen molar-refractivity contribution in [1.29, 1.82) is 5.26 Å². The number of halogens is 1. The predicted molar refractivity (Wildman–Crippen MR) is 61.9 cm³/mol. The molecule has 15 heavy (non-hydrogen) atoms. The maximum Gasteiger partial charge on any atom is 0.101 e. The van der Waals surface area contributed by atoms with Gasteiger partial charge in [0.1, 0.15) is 6.07 Å². The van der Waals surface area contributed by atoms with E-state index in [9.17, 15) is 0 Å². The molecule has 1 rings (SSSR count). The molecule has 0 radical (unpaired) electrons. The number of pyridine rings is 1. The molecule has 0 bridgehead atoms. The van der Waals surface area contributed by atoms with E-state index in [4.69, 9.17) is 16.9 Å². The Kier molecular flexibility index (Phi) is 3.71. The lowest BCUT2D eigenvalue weighted by atomic mass is 9.79. The van der Waals surface area contributed by atoms with E-state index in [1.807, 2.05) is 0 Å². The summed E-state index contributed by atoms with van der Waals surface area (Å²) in [5.41, 5.74) is 1.43. The van der Waals surface area contributed by atoms with Crippen molar-refractivity contribution in [3.63, 3.8) is 0 Å². The second-order valence-corrected chi connectivity index (χ2v) is 4.70. The van der Waals surface area contributed by atoms with Crippen molar-refractivity contribution in [2.24, 2.45) is 0 Å². The fourth-order valence-corrected chi connectivity index (χ4v) is 2.37. The molecule has 0 aromatic carbocycles. The minimum absolute atomic E-state index is 0.0696. The maximum atomic E-state index is 9.03. The summed E-state index contributed by atoms with van der Waals surface area (Å²) in [5, 5.41) is 9.62. The van der Waals surface area contributed by atoms with Gasteiger partial charge in [-0.2, -0.15) is 5.26 Å². The first-order chi connectivity index (χ1) is 7.03. The van der Waals surface area contributed by atoms with Crippen molar-refractivity contribution in [3.8, 4) is 6.07 Å². The molecule has 0 aliphatic carbocycles. The minimum Gasteiger partial charge on any atom is -0.262 e. The van der Waals surface area contributed by atoms with Gasteiger partial charge in [0.05, 0.1) is 10.6 Å². The summed E-state index contributed by atoms with van der Waals surface area (Å²) in [6.07, 6.45) is 5.26. The van der Waals surface area contributed by atoms with Crippen LogP contribution in [0.15, 0.2) is 12.4 Å². The van der Waals surface area contributed by atoms with Crippen LogP contribution >= 0.6 is 11.6 Å². The van der Waals surface area contributed by atoms with Crippen LogP contribution in [0.1, 0.15) is 44.7 Å². The summed E-state index contributed by atoms with van der Waals surface area (Å²) in [7, 11) is 0. The van der Waals surface area contributed by atoms with Crippen molar-refractivity contribution in [2.45, 2.75) is 39.0 Å². The normalized spacial score (nSPS) is 11.1. The summed E-state index contributed by atoms with van der Waals surface area (Å²) in [5.74, 6) is 0. The third kappa shape index (κ3) is 2.49. The molecule has 3 heteroatoms. The zero-order valence-corrected chi connectivity index (χ0v) is 10.1. The standard InChI is InChI=1S/C12H15ClN2/c1-4-5-12(2,3)11-9(6-14)7-15-8-10(11)13/h7-8H,4-5H2,1-3H3. The van der Waals surface area contributed by atoms with Gasteiger partial charge in [0, 0.05) is 12.4 Å². The molecule has 2 nitrogen and oxygen atoms in total. The molecular weight excluding hydrogens is 208 g/mol. The molecule has 0 N–H and O–H groups in total. The summed E-state index contributed by atoms with van der Waals surface area (Å²) < 4.78 is 0.